The van der Waals surface area contributed by atoms with Gasteiger partial charge in [-0.3, -0.25) is 4.98 Å². The predicted molar refractivity (Wildman–Crippen MR) is 146 cm³/mol. The van der Waals surface area contributed by atoms with Crippen molar-refractivity contribution in [1.82, 2.24) is 14.8 Å². The normalized spacial score (nSPS) is 14.9. The molecule has 4 heteroatoms. The largest absolute Gasteiger partial charge is 0.493 e. The summed E-state index contributed by atoms with van der Waals surface area (Å²) in [5, 5.41) is 0. The minimum Gasteiger partial charge on any atom is -0.493 e. The van der Waals surface area contributed by atoms with E-state index >= 15 is 0 Å². The van der Waals surface area contributed by atoms with E-state index in [9.17, 15) is 0 Å². The van der Waals surface area contributed by atoms with Crippen LogP contribution in [0.1, 0.15) is 37.8 Å². The Labute approximate surface area is 212 Å². The van der Waals surface area contributed by atoms with Crippen molar-refractivity contribution in [1.29, 1.82) is 0 Å². The highest BCUT2D eigenvalue weighted by Gasteiger charge is 2.17. The number of benzene rings is 2. The fourth-order valence-corrected chi connectivity index (χ4v) is 4.70. The molecule has 0 amide bonds. The van der Waals surface area contributed by atoms with E-state index in [0.717, 1.165) is 82.1 Å². The van der Waals surface area contributed by atoms with Gasteiger partial charge in [0.05, 0.1) is 12.3 Å². The number of hydrogen-bond donors (Lipinski definition) is 0. The average Bonchev–Trinajstić information content (AvgIpc) is 2.90. The van der Waals surface area contributed by atoms with Gasteiger partial charge in [-0.25, -0.2) is 0 Å². The summed E-state index contributed by atoms with van der Waals surface area (Å²) in [6.07, 6.45) is 6.32. The predicted octanol–water partition coefficient (Wildman–Crippen LogP) is 5.97. The molecule has 0 spiro atoms. The molecule has 1 saturated heterocycles. The number of hydrogen-bond acceptors (Lipinski definition) is 4. The first kappa shape index (κ1) is 25.4. The highest BCUT2D eigenvalue weighted by atomic mass is 16.5. The van der Waals surface area contributed by atoms with E-state index in [2.05, 4.69) is 83.2 Å². The second-order valence-electron chi connectivity index (χ2n) is 10.1. The molecule has 2 heterocycles. The molecule has 0 unspecified atom stereocenters. The summed E-state index contributed by atoms with van der Waals surface area (Å²) in [6.45, 7) is 12.2. The Morgan fingerprint density at radius 1 is 0.800 bits per heavy atom. The summed E-state index contributed by atoms with van der Waals surface area (Å²) in [5.74, 6) is 1.68. The maximum atomic E-state index is 6.29. The SMILES string of the molecule is CC(C)CCCOc1cc(CCN2CCN(CCc3ccccc3)CC2)ccc1-c1ccccn1. The summed E-state index contributed by atoms with van der Waals surface area (Å²) in [6, 6.07) is 23.6. The fourth-order valence-electron chi connectivity index (χ4n) is 4.70. The van der Waals surface area contributed by atoms with Crippen LogP contribution in [0, 0.1) is 5.92 Å². The van der Waals surface area contributed by atoms with E-state index in [1.165, 1.54) is 17.5 Å². The molecule has 0 saturated carbocycles. The Morgan fingerprint density at radius 2 is 1.49 bits per heavy atom. The molecule has 1 aromatic heterocycles. The van der Waals surface area contributed by atoms with Crippen molar-refractivity contribution in [2.45, 2.75) is 39.5 Å². The van der Waals surface area contributed by atoms with E-state index in [-0.39, 0.29) is 0 Å². The van der Waals surface area contributed by atoms with Crippen LogP contribution >= 0.6 is 0 Å². The second kappa shape index (κ2) is 13.4. The number of ether oxygens (including phenoxy) is 1. The first-order chi connectivity index (χ1) is 17.2. The van der Waals surface area contributed by atoms with Gasteiger partial charge in [0.25, 0.3) is 0 Å². The number of rotatable bonds is 12. The lowest BCUT2D eigenvalue weighted by Crippen LogP contribution is -2.47. The summed E-state index contributed by atoms with van der Waals surface area (Å²) in [4.78, 5) is 9.78. The molecule has 0 N–H and O–H groups in total. The van der Waals surface area contributed by atoms with Crippen LogP contribution < -0.4 is 4.74 Å². The van der Waals surface area contributed by atoms with Crippen molar-refractivity contribution in [3.63, 3.8) is 0 Å². The molecule has 4 nitrogen and oxygen atoms in total. The molecular formula is C31H41N3O. The highest BCUT2D eigenvalue weighted by molar-refractivity contribution is 5.67. The molecule has 0 aliphatic carbocycles. The highest BCUT2D eigenvalue weighted by Crippen LogP contribution is 2.30. The van der Waals surface area contributed by atoms with Crippen LogP contribution in [0.4, 0.5) is 0 Å². The molecule has 1 aliphatic heterocycles. The molecule has 186 valence electrons. The van der Waals surface area contributed by atoms with Gasteiger partial charge in [-0.2, -0.15) is 0 Å². The fraction of sp³-hybridized carbons (Fsp3) is 0.452. The van der Waals surface area contributed by atoms with Gasteiger partial charge in [0, 0.05) is 51.0 Å². The quantitative estimate of drug-likeness (QED) is 0.305. The zero-order valence-corrected chi connectivity index (χ0v) is 21.5. The number of nitrogens with zero attached hydrogens (tertiary/aromatic N) is 3. The molecule has 0 bridgehead atoms. The van der Waals surface area contributed by atoms with Crippen LogP contribution in [-0.4, -0.2) is 60.7 Å². The van der Waals surface area contributed by atoms with Crippen molar-refractivity contribution in [3.8, 4) is 17.0 Å². The summed E-state index contributed by atoms with van der Waals surface area (Å²) < 4.78 is 6.29. The Morgan fingerprint density at radius 3 is 2.14 bits per heavy atom. The van der Waals surface area contributed by atoms with Crippen LogP contribution in [0.25, 0.3) is 11.3 Å². The molecule has 1 fully saturated rings. The molecule has 3 aromatic rings. The lowest BCUT2D eigenvalue weighted by atomic mass is 10.0. The van der Waals surface area contributed by atoms with E-state index < -0.39 is 0 Å². The summed E-state index contributed by atoms with van der Waals surface area (Å²) >= 11 is 0. The standard InChI is InChI=1S/C31H41N3O/c1-26(2)9-8-24-35-31-25-28(13-14-29(31)30-12-6-7-17-32-30)16-19-34-22-20-33(21-23-34)18-15-27-10-4-3-5-11-27/h3-7,10-14,17,25-26H,8-9,15-16,18-24H2,1-2H3. The maximum Gasteiger partial charge on any atom is 0.128 e. The van der Waals surface area contributed by atoms with Crippen molar-refractivity contribution in [2.75, 3.05) is 45.9 Å². The third-order valence-electron chi connectivity index (χ3n) is 6.91. The Hall–Kier alpha value is -2.69. The van der Waals surface area contributed by atoms with Gasteiger partial charge in [-0.05, 0) is 67.0 Å². The van der Waals surface area contributed by atoms with Gasteiger partial charge in [-0.15, -0.1) is 0 Å². The molecule has 4 rings (SSSR count). The van der Waals surface area contributed by atoms with Gasteiger partial charge in [-0.1, -0.05) is 56.3 Å². The Kier molecular flexibility index (Phi) is 9.74. The average molecular weight is 472 g/mol. The summed E-state index contributed by atoms with van der Waals surface area (Å²) in [5.41, 5.74) is 4.84. The van der Waals surface area contributed by atoms with E-state index in [0.29, 0.717) is 5.92 Å². The Bertz CT molecular complexity index is 998. The van der Waals surface area contributed by atoms with E-state index in [4.69, 9.17) is 4.74 Å². The van der Waals surface area contributed by atoms with Gasteiger partial charge in [0.15, 0.2) is 0 Å². The van der Waals surface area contributed by atoms with Gasteiger partial charge in [0.2, 0.25) is 0 Å². The van der Waals surface area contributed by atoms with E-state index in [1.807, 2.05) is 18.3 Å². The van der Waals surface area contributed by atoms with Gasteiger partial charge < -0.3 is 14.5 Å². The molecule has 1 aliphatic rings. The zero-order chi connectivity index (χ0) is 24.3. The number of aromatic nitrogens is 1. The molecular weight excluding hydrogens is 430 g/mol. The number of piperazine rings is 1. The van der Waals surface area contributed by atoms with Crippen molar-refractivity contribution in [2.24, 2.45) is 5.92 Å². The minimum atomic E-state index is 0.707. The summed E-state index contributed by atoms with van der Waals surface area (Å²) in [7, 11) is 0. The molecule has 2 aromatic carbocycles. The third-order valence-corrected chi connectivity index (χ3v) is 6.91. The third kappa shape index (κ3) is 8.19. The zero-order valence-electron chi connectivity index (χ0n) is 21.5. The number of pyridine rings is 1. The monoisotopic (exact) mass is 471 g/mol. The Balaban J connectivity index is 1.28. The van der Waals surface area contributed by atoms with Crippen LogP contribution in [-0.2, 0) is 12.8 Å². The minimum absolute atomic E-state index is 0.707. The second-order valence-corrected chi connectivity index (χ2v) is 10.1. The maximum absolute atomic E-state index is 6.29. The molecule has 0 atom stereocenters. The van der Waals surface area contributed by atoms with Gasteiger partial charge >= 0.3 is 0 Å². The van der Waals surface area contributed by atoms with Crippen LogP contribution in [0.15, 0.2) is 72.9 Å². The van der Waals surface area contributed by atoms with Crippen molar-refractivity contribution < 1.29 is 4.74 Å². The molecule has 35 heavy (non-hydrogen) atoms. The smallest absolute Gasteiger partial charge is 0.128 e. The van der Waals surface area contributed by atoms with Crippen molar-refractivity contribution >= 4 is 0 Å². The van der Waals surface area contributed by atoms with Crippen LogP contribution in [0.3, 0.4) is 0 Å². The topological polar surface area (TPSA) is 28.6 Å². The van der Waals surface area contributed by atoms with Crippen LogP contribution in [0.5, 0.6) is 5.75 Å². The molecule has 0 radical (unpaired) electrons. The lowest BCUT2D eigenvalue weighted by Gasteiger charge is -2.34. The first-order valence-electron chi connectivity index (χ1n) is 13.3. The van der Waals surface area contributed by atoms with E-state index in [1.54, 1.807) is 0 Å². The van der Waals surface area contributed by atoms with Crippen LogP contribution in [0.2, 0.25) is 0 Å². The first-order valence-corrected chi connectivity index (χ1v) is 13.3. The van der Waals surface area contributed by atoms with Gasteiger partial charge in [0.1, 0.15) is 5.75 Å². The lowest BCUT2D eigenvalue weighted by molar-refractivity contribution is 0.134. The van der Waals surface area contributed by atoms with Crippen molar-refractivity contribution in [3.05, 3.63) is 84.1 Å².